The highest BCUT2D eigenvalue weighted by Gasteiger charge is 2.36. The molecule has 0 atom stereocenters. The Labute approximate surface area is 127 Å². The van der Waals surface area contributed by atoms with Crippen LogP contribution >= 0.6 is 0 Å². The number of ether oxygens (including phenoxy) is 1. The monoisotopic (exact) mass is 284 g/mol. The Hall–Kier alpha value is -1.83. The van der Waals surface area contributed by atoms with Crippen molar-refractivity contribution in [2.75, 3.05) is 0 Å². The molecule has 0 fully saturated rings. The first-order valence-electron chi connectivity index (χ1n) is 7.65. The molecule has 2 aromatic rings. The van der Waals surface area contributed by atoms with E-state index in [4.69, 9.17) is 4.74 Å². The van der Waals surface area contributed by atoms with Crippen molar-refractivity contribution in [2.24, 2.45) is 0 Å². The van der Waals surface area contributed by atoms with Crippen molar-refractivity contribution in [1.29, 1.82) is 0 Å². The predicted molar refractivity (Wildman–Crippen MR) is 88.0 cm³/mol. The second kappa shape index (κ2) is 5.51. The summed E-state index contributed by atoms with van der Waals surface area (Å²) in [4.78, 5) is 11.9. The number of esters is 1. The summed E-state index contributed by atoms with van der Waals surface area (Å²) >= 11 is 0. The van der Waals surface area contributed by atoms with Crippen molar-refractivity contribution in [1.82, 2.24) is 0 Å². The van der Waals surface area contributed by atoms with Gasteiger partial charge in [-0.3, -0.25) is 4.79 Å². The first-order chi connectivity index (χ1) is 9.92. The molecule has 0 unspecified atom stereocenters. The van der Waals surface area contributed by atoms with Crippen LogP contribution in [0.25, 0.3) is 10.8 Å². The summed E-state index contributed by atoms with van der Waals surface area (Å²) in [6.45, 7) is 12.5. The minimum Gasteiger partial charge on any atom is -0.426 e. The largest absolute Gasteiger partial charge is 0.426 e. The highest BCUT2D eigenvalue weighted by atomic mass is 16.5. The van der Waals surface area contributed by atoms with Crippen molar-refractivity contribution in [3.63, 3.8) is 0 Å². The Morgan fingerprint density at radius 3 is 2.19 bits per heavy atom. The number of carbonyl (C=O) groups excluding carboxylic acids is 1. The third-order valence-electron chi connectivity index (χ3n) is 4.22. The van der Waals surface area contributed by atoms with Gasteiger partial charge in [-0.15, -0.1) is 0 Å². The Kier molecular flexibility index (Phi) is 4.08. The molecular weight excluding hydrogens is 260 g/mol. The van der Waals surface area contributed by atoms with Gasteiger partial charge in [0.25, 0.3) is 0 Å². The Bertz CT molecular complexity index is 696. The third kappa shape index (κ3) is 2.44. The lowest BCUT2D eigenvalue weighted by atomic mass is 9.75. The van der Waals surface area contributed by atoms with E-state index in [1.54, 1.807) is 0 Å². The van der Waals surface area contributed by atoms with E-state index in [1.165, 1.54) is 22.1 Å². The molecule has 112 valence electrons. The van der Waals surface area contributed by atoms with Gasteiger partial charge in [-0.05, 0) is 30.4 Å². The summed E-state index contributed by atoms with van der Waals surface area (Å²) in [6, 6.07) is 8.15. The Balaban J connectivity index is 0.000000774. The molecule has 1 aliphatic heterocycles. The van der Waals surface area contributed by atoms with Gasteiger partial charge in [-0.2, -0.15) is 0 Å². The van der Waals surface area contributed by atoms with Gasteiger partial charge in [0.1, 0.15) is 5.75 Å². The van der Waals surface area contributed by atoms with Crippen molar-refractivity contribution in [2.45, 2.75) is 53.4 Å². The number of rotatable bonds is 0. The molecule has 0 N–H and O–H groups in total. The van der Waals surface area contributed by atoms with Crippen LogP contribution in [-0.2, 0) is 10.2 Å². The highest BCUT2D eigenvalue weighted by Crippen LogP contribution is 2.46. The van der Waals surface area contributed by atoms with E-state index < -0.39 is 0 Å². The fourth-order valence-corrected chi connectivity index (χ4v) is 3.22. The van der Waals surface area contributed by atoms with E-state index in [0.29, 0.717) is 6.42 Å². The maximum Gasteiger partial charge on any atom is 0.312 e. The van der Waals surface area contributed by atoms with Gasteiger partial charge < -0.3 is 4.74 Å². The molecule has 0 aliphatic carbocycles. The average molecular weight is 284 g/mol. The second-order valence-electron chi connectivity index (χ2n) is 6.03. The van der Waals surface area contributed by atoms with Crippen LogP contribution < -0.4 is 4.74 Å². The first kappa shape index (κ1) is 15.6. The summed E-state index contributed by atoms with van der Waals surface area (Å²) in [5.74, 6) is 0.630. The molecule has 2 aromatic carbocycles. The fourth-order valence-electron chi connectivity index (χ4n) is 3.22. The lowest BCUT2D eigenvalue weighted by Crippen LogP contribution is -2.32. The number of aryl methyl sites for hydroxylation is 1. The summed E-state index contributed by atoms with van der Waals surface area (Å²) in [5, 5.41) is 2.21. The van der Waals surface area contributed by atoms with Gasteiger partial charge in [0, 0.05) is 16.4 Å². The quantitative estimate of drug-likeness (QED) is 0.498. The van der Waals surface area contributed by atoms with Crippen LogP contribution in [0.1, 0.15) is 50.8 Å². The molecule has 21 heavy (non-hydrogen) atoms. The fraction of sp³-hybridized carbons (Fsp3) is 0.421. The van der Waals surface area contributed by atoms with E-state index >= 15 is 0 Å². The SMILES string of the molecule is CC.Cc1c2c(c3ccccc3c1C)OC(=O)CC2(C)C. The maximum absolute atomic E-state index is 11.9. The van der Waals surface area contributed by atoms with Crippen LogP contribution in [0.15, 0.2) is 24.3 Å². The van der Waals surface area contributed by atoms with E-state index in [2.05, 4.69) is 33.8 Å². The number of hydrogen-bond acceptors (Lipinski definition) is 2. The Morgan fingerprint density at radius 1 is 1.00 bits per heavy atom. The lowest BCUT2D eigenvalue weighted by molar-refractivity contribution is -0.136. The van der Waals surface area contributed by atoms with Crippen molar-refractivity contribution < 1.29 is 9.53 Å². The van der Waals surface area contributed by atoms with Gasteiger partial charge in [0.2, 0.25) is 0 Å². The van der Waals surface area contributed by atoms with E-state index in [0.717, 1.165) is 11.1 Å². The van der Waals surface area contributed by atoms with Crippen LogP contribution in [0.4, 0.5) is 0 Å². The third-order valence-corrected chi connectivity index (χ3v) is 4.22. The van der Waals surface area contributed by atoms with Crippen LogP contribution in [0.5, 0.6) is 5.75 Å². The molecule has 3 rings (SSSR count). The van der Waals surface area contributed by atoms with Crippen LogP contribution in [0.3, 0.4) is 0 Å². The average Bonchev–Trinajstić information content (AvgIpc) is 2.45. The molecule has 0 saturated carbocycles. The van der Waals surface area contributed by atoms with Gasteiger partial charge in [0.15, 0.2) is 0 Å². The maximum atomic E-state index is 11.9. The van der Waals surface area contributed by atoms with Crippen LogP contribution in [0.2, 0.25) is 0 Å². The minimum absolute atomic E-state index is 0.133. The Morgan fingerprint density at radius 2 is 1.57 bits per heavy atom. The van der Waals surface area contributed by atoms with Crippen molar-refractivity contribution >= 4 is 16.7 Å². The zero-order valence-electron chi connectivity index (χ0n) is 13.8. The molecule has 1 aliphatic rings. The summed E-state index contributed by atoms with van der Waals surface area (Å²) in [6.07, 6.45) is 0.443. The molecule has 0 aromatic heterocycles. The summed E-state index contributed by atoms with van der Waals surface area (Å²) in [7, 11) is 0. The van der Waals surface area contributed by atoms with Gasteiger partial charge in [-0.25, -0.2) is 0 Å². The minimum atomic E-state index is -0.163. The molecule has 2 nitrogen and oxygen atoms in total. The van der Waals surface area contributed by atoms with Gasteiger partial charge in [-0.1, -0.05) is 52.0 Å². The van der Waals surface area contributed by atoms with E-state index in [9.17, 15) is 4.79 Å². The van der Waals surface area contributed by atoms with Crippen LogP contribution in [-0.4, -0.2) is 5.97 Å². The summed E-state index contributed by atoms with van der Waals surface area (Å²) < 4.78 is 5.58. The molecule has 1 heterocycles. The topological polar surface area (TPSA) is 26.3 Å². The standard InChI is InChI=1S/C17H18O2.C2H6/c1-10-11(2)15-16(13-8-6-5-7-12(10)13)19-14(18)9-17(15,3)4;1-2/h5-8H,9H2,1-4H3;1-2H3. The molecule has 0 spiro atoms. The van der Waals surface area contributed by atoms with Crippen molar-refractivity contribution in [3.05, 3.63) is 41.0 Å². The van der Waals surface area contributed by atoms with E-state index in [1.807, 2.05) is 32.0 Å². The van der Waals surface area contributed by atoms with Gasteiger partial charge in [0.05, 0.1) is 6.42 Å². The number of hydrogen-bond donors (Lipinski definition) is 0. The lowest BCUT2D eigenvalue weighted by Gasteiger charge is -2.34. The number of carbonyl (C=O) groups is 1. The van der Waals surface area contributed by atoms with Crippen molar-refractivity contribution in [3.8, 4) is 5.75 Å². The second-order valence-corrected chi connectivity index (χ2v) is 6.03. The van der Waals surface area contributed by atoms with E-state index in [-0.39, 0.29) is 11.4 Å². The normalized spacial score (nSPS) is 15.8. The molecule has 0 amide bonds. The zero-order valence-corrected chi connectivity index (χ0v) is 13.8. The summed E-state index contributed by atoms with van der Waals surface area (Å²) in [5.41, 5.74) is 3.54. The molecular formula is C19H24O2. The van der Waals surface area contributed by atoms with Gasteiger partial charge >= 0.3 is 5.97 Å². The molecule has 0 radical (unpaired) electrons. The first-order valence-corrected chi connectivity index (χ1v) is 7.65. The smallest absolute Gasteiger partial charge is 0.312 e. The zero-order chi connectivity index (χ0) is 15.8. The number of benzene rings is 2. The predicted octanol–water partition coefficient (Wildman–Crippen LogP) is 5.07. The molecule has 2 heteroatoms. The van der Waals surface area contributed by atoms with Crippen LogP contribution in [0, 0.1) is 13.8 Å². The number of fused-ring (bicyclic) bond motifs is 3. The molecule has 0 bridgehead atoms. The highest BCUT2D eigenvalue weighted by molar-refractivity contribution is 5.97. The molecule has 0 saturated heterocycles.